The number of aromatic nitrogens is 5. The van der Waals surface area contributed by atoms with Crippen molar-refractivity contribution >= 4 is 16.8 Å². The van der Waals surface area contributed by atoms with E-state index < -0.39 is 0 Å². The number of nitrogens with one attached hydrogen (secondary N) is 2. The molecule has 7 nitrogen and oxygen atoms in total. The molecule has 0 saturated heterocycles. The van der Waals surface area contributed by atoms with Gasteiger partial charge in [0, 0.05) is 29.5 Å². The molecular formula is C23H24N6O. The SMILES string of the molecule is CCC(=O)N[C@H]1CC[C@@H](n2cnnc2-c2ccc(-c3cccc4[nH]ncc34)cc2)C1. The number of fused-ring (bicyclic) bond motifs is 1. The van der Waals surface area contributed by atoms with Crippen LogP contribution < -0.4 is 5.32 Å². The molecule has 30 heavy (non-hydrogen) atoms. The molecule has 7 heteroatoms. The van der Waals surface area contributed by atoms with Crippen molar-refractivity contribution in [1.82, 2.24) is 30.3 Å². The van der Waals surface area contributed by atoms with E-state index >= 15 is 0 Å². The average Bonchev–Trinajstić information content (AvgIpc) is 3.53. The first-order chi connectivity index (χ1) is 14.7. The lowest BCUT2D eigenvalue weighted by Crippen LogP contribution is -2.32. The number of hydrogen-bond acceptors (Lipinski definition) is 4. The minimum absolute atomic E-state index is 0.118. The molecular weight excluding hydrogens is 376 g/mol. The molecule has 2 N–H and O–H groups in total. The smallest absolute Gasteiger partial charge is 0.219 e. The average molecular weight is 400 g/mol. The Balaban J connectivity index is 1.38. The zero-order valence-electron chi connectivity index (χ0n) is 16.9. The van der Waals surface area contributed by atoms with Crippen LogP contribution in [0.25, 0.3) is 33.4 Å². The minimum Gasteiger partial charge on any atom is -0.353 e. The third-order valence-electron chi connectivity index (χ3n) is 6.00. The monoisotopic (exact) mass is 400 g/mol. The number of amides is 1. The third kappa shape index (κ3) is 3.36. The fraction of sp³-hybridized carbons (Fsp3) is 0.304. The number of benzene rings is 2. The van der Waals surface area contributed by atoms with Gasteiger partial charge in [0.25, 0.3) is 0 Å². The van der Waals surface area contributed by atoms with Crippen LogP contribution in [0.4, 0.5) is 0 Å². The number of hydrogen-bond donors (Lipinski definition) is 2. The van der Waals surface area contributed by atoms with E-state index in [9.17, 15) is 4.79 Å². The standard InChI is InChI=1S/C23H24N6O/c1-2-22(30)26-17-10-11-18(12-17)29-14-25-28-23(29)16-8-6-15(7-9-16)19-4-3-5-21-20(19)13-24-27-21/h3-9,13-14,17-18H,2,10-12H2,1H3,(H,24,27)(H,26,30)/t17-,18+/m0/s1. The van der Waals surface area contributed by atoms with Gasteiger partial charge in [0.1, 0.15) is 6.33 Å². The number of nitrogens with zero attached hydrogens (tertiary/aromatic N) is 4. The van der Waals surface area contributed by atoms with Gasteiger partial charge in [0.15, 0.2) is 5.82 Å². The topological polar surface area (TPSA) is 88.5 Å². The largest absolute Gasteiger partial charge is 0.353 e. The summed E-state index contributed by atoms with van der Waals surface area (Å²) in [5.41, 5.74) is 4.36. The molecule has 1 amide bonds. The fourth-order valence-corrected chi connectivity index (χ4v) is 4.41. The second kappa shape index (κ2) is 7.74. The van der Waals surface area contributed by atoms with Crippen LogP contribution in [-0.4, -0.2) is 36.9 Å². The van der Waals surface area contributed by atoms with Crippen molar-refractivity contribution in [3.05, 3.63) is 55.0 Å². The number of aromatic amines is 1. The minimum atomic E-state index is 0.118. The molecule has 0 aliphatic heterocycles. The maximum atomic E-state index is 11.7. The predicted molar refractivity (Wildman–Crippen MR) is 116 cm³/mol. The molecule has 1 saturated carbocycles. The molecule has 1 aliphatic carbocycles. The van der Waals surface area contributed by atoms with Gasteiger partial charge in [0.2, 0.25) is 5.91 Å². The molecule has 0 spiro atoms. The molecule has 152 valence electrons. The fourth-order valence-electron chi connectivity index (χ4n) is 4.41. The van der Waals surface area contributed by atoms with Crippen LogP contribution >= 0.6 is 0 Å². The zero-order chi connectivity index (χ0) is 20.5. The summed E-state index contributed by atoms with van der Waals surface area (Å²) in [6, 6.07) is 15.1. The second-order valence-electron chi connectivity index (χ2n) is 7.86. The molecule has 2 atom stereocenters. The van der Waals surface area contributed by atoms with Crippen LogP contribution in [0.1, 0.15) is 38.6 Å². The van der Waals surface area contributed by atoms with Gasteiger partial charge in [-0.15, -0.1) is 10.2 Å². The van der Waals surface area contributed by atoms with E-state index in [1.54, 1.807) is 0 Å². The van der Waals surface area contributed by atoms with Gasteiger partial charge < -0.3 is 9.88 Å². The summed E-state index contributed by atoms with van der Waals surface area (Å²) in [6.07, 6.45) is 7.12. The van der Waals surface area contributed by atoms with E-state index in [1.807, 2.05) is 31.6 Å². The van der Waals surface area contributed by atoms with Crippen molar-refractivity contribution in [2.45, 2.75) is 44.7 Å². The van der Waals surface area contributed by atoms with E-state index in [4.69, 9.17) is 0 Å². The first-order valence-electron chi connectivity index (χ1n) is 10.4. The summed E-state index contributed by atoms with van der Waals surface area (Å²) in [4.78, 5) is 11.7. The Bertz CT molecular complexity index is 1180. The molecule has 0 unspecified atom stereocenters. The van der Waals surface area contributed by atoms with Gasteiger partial charge in [-0.1, -0.05) is 43.3 Å². The molecule has 1 fully saturated rings. The van der Waals surface area contributed by atoms with Crippen molar-refractivity contribution in [2.24, 2.45) is 0 Å². The highest BCUT2D eigenvalue weighted by Gasteiger charge is 2.28. The van der Waals surface area contributed by atoms with Gasteiger partial charge in [-0.2, -0.15) is 5.10 Å². The second-order valence-corrected chi connectivity index (χ2v) is 7.86. The van der Waals surface area contributed by atoms with Crippen molar-refractivity contribution in [3.63, 3.8) is 0 Å². The van der Waals surface area contributed by atoms with Gasteiger partial charge >= 0.3 is 0 Å². The van der Waals surface area contributed by atoms with Gasteiger partial charge in [-0.3, -0.25) is 9.89 Å². The van der Waals surface area contributed by atoms with Crippen LogP contribution in [0.2, 0.25) is 0 Å². The predicted octanol–water partition coefficient (Wildman–Crippen LogP) is 4.11. The van der Waals surface area contributed by atoms with Gasteiger partial charge in [-0.05, 0) is 36.5 Å². The molecule has 4 aromatic rings. The van der Waals surface area contributed by atoms with Crippen molar-refractivity contribution < 1.29 is 4.79 Å². The van der Waals surface area contributed by atoms with Crippen LogP contribution in [0.15, 0.2) is 55.0 Å². The number of H-pyrrole nitrogens is 1. The number of rotatable bonds is 5. The molecule has 2 heterocycles. The maximum absolute atomic E-state index is 11.7. The summed E-state index contributed by atoms with van der Waals surface area (Å²) < 4.78 is 2.16. The summed E-state index contributed by atoms with van der Waals surface area (Å²) in [7, 11) is 0. The normalized spacial score (nSPS) is 18.7. The van der Waals surface area contributed by atoms with Crippen molar-refractivity contribution in [3.8, 4) is 22.5 Å². The highest BCUT2D eigenvalue weighted by molar-refractivity contribution is 5.94. The van der Waals surface area contributed by atoms with Crippen LogP contribution in [0.3, 0.4) is 0 Å². The van der Waals surface area contributed by atoms with E-state index in [1.165, 1.54) is 0 Å². The Morgan fingerprint density at radius 1 is 1.17 bits per heavy atom. The molecule has 0 radical (unpaired) electrons. The van der Waals surface area contributed by atoms with Crippen LogP contribution in [0, 0.1) is 0 Å². The van der Waals surface area contributed by atoms with Crippen molar-refractivity contribution in [1.29, 1.82) is 0 Å². The molecule has 2 aromatic heterocycles. The summed E-state index contributed by atoms with van der Waals surface area (Å²) in [5, 5.41) is 20.0. The maximum Gasteiger partial charge on any atom is 0.219 e. The highest BCUT2D eigenvalue weighted by Crippen LogP contribution is 2.34. The van der Waals surface area contributed by atoms with Gasteiger partial charge in [0.05, 0.1) is 11.7 Å². The molecule has 1 aliphatic rings. The first-order valence-corrected chi connectivity index (χ1v) is 10.4. The quantitative estimate of drug-likeness (QED) is 0.528. The third-order valence-corrected chi connectivity index (χ3v) is 6.00. The van der Waals surface area contributed by atoms with E-state index in [0.29, 0.717) is 12.5 Å². The molecule has 5 rings (SSSR count). The Hall–Kier alpha value is -3.48. The zero-order valence-corrected chi connectivity index (χ0v) is 16.9. The number of carbonyl (C=O) groups is 1. The number of carbonyl (C=O) groups excluding carboxylic acids is 1. The highest BCUT2D eigenvalue weighted by atomic mass is 16.1. The van der Waals surface area contributed by atoms with E-state index in [-0.39, 0.29) is 11.9 Å². The van der Waals surface area contributed by atoms with Gasteiger partial charge in [-0.25, -0.2) is 0 Å². The van der Waals surface area contributed by atoms with Crippen LogP contribution in [0.5, 0.6) is 0 Å². The van der Waals surface area contributed by atoms with E-state index in [0.717, 1.165) is 52.7 Å². The molecule has 2 aromatic carbocycles. The lowest BCUT2D eigenvalue weighted by molar-refractivity contribution is -0.121. The summed E-state index contributed by atoms with van der Waals surface area (Å²) in [5.74, 6) is 0.989. The Kier molecular flexibility index (Phi) is 4.78. The van der Waals surface area contributed by atoms with Crippen molar-refractivity contribution in [2.75, 3.05) is 0 Å². The Morgan fingerprint density at radius 2 is 2.00 bits per heavy atom. The molecule has 0 bridgehead atoms. The first kappa shape index (κ1) is 18.5. The van der Waals surface area contributed by atoms with E-state index in [2.05, 4.69) is 60.6 Å². The Morgan fingerprint density at radius 3 is 2.83 bits per heavy atom. The lowest BCUT2D eigenvalue weighted by Gasteiger charge is -2.16. The summed E-state index contributed by atoms with van der Waals surface area (Å²) >= 11 is 0. The Labute approximate surface area is 174 Å². The summed E-state index contributed by atoms with van der Waals surface area (Å²) in [6.45, 7) is 1.89. The lowest BCUT2D eigenvalue weighted by atomic mass is 10.0. The van der Waals surface area contributed by atoms with Crippen LogP contribution in [-0.2, 0) is 4.79 Å².